The van der Waals surface area contributed by atoms with Crippen LogP contribution in [0.2, 0.25) is 5.02 Å². The molecule has 4 aromatic rings. The fourth-order valence-corrected chi connectivity index (χ4v) is 3.67. The predicted molar refractivity (Wildman–Crippen MR) is 109 cm³/mol. The number of rotatable bonds is 5. The first kappa shape index (κ1) is 16.9. The highest BCUT2D eigenvalue weighted by Gasteiger charge is 2.11. The van der Waals surface area contributed by atoms with Crippen molar-refractivity contribution in [1.82, 2.24) is 14.6 Å². The summed E-state index contributed by atoms with van der Waals surface area (Å²) in [5, 5.41) is 9.46. The van der Waals surface area contributed by atoms with Crippen molar-refractivity contribution in [2.45, 2.75) is 6.54 Å². The summed E-state index contributed by atoms with van der Waals surface area (Å²) in [6.07, 6.45) is 1.91. The lowest BCUT2D eigenvalue weighted by Gasteiger charge is -2.12. The molecule has 2 aromatic carbocycles. The molecular formula is C19H18ClN5S. The Morgan fingerprint density at radius 1 is 1.12 bits per heavy atom. The molecule has 0 aliphatic carbocycles. The van der Waals surface area contributed by atoms with Crippen molar-refractivity contribution in [3.05, 3.63) is 65.3 Å². The van der Waals surface area contributed by atoms with Gasteiger partial charge in [-0.3, -0.25) is 0 Å². The lowest BCUT2D eigenvalue weighted by atomic mass is 10.2. The van der Waals surface area contributed by atoms with Gasteiger partial charge in [0.25, 0.3) is 0 Å². The van der Waals surface area contributed by atoms with Crippen LogP contribution >= 0.6 is 22.9 Å². The SMILES string of the molecule is CN(C)c1ccc(CNc2nn3cc(-c4ccccc4Cl)nc3s2)cc1. The van der Waals surface area contributed by atoms with E-state index in [0.29, 0.717) is 5.02 Å². The van der Waals surface area contributed by atoms with E-state index in [9.17, 15) is 0 Å². The van der Waals surface area contributed by atoms with Gasteiger partial charge in [-0.25, -0.2) is 9.50 Å². The first-order valence-corrected chi connectivity index (χ1v) is 9.41. The third kappa shape index (κ3) is 3.38. The largest absolute Gasteiger partial charge is 0.378 e. The lowest BCUT2D eigenvalue weighted by molar-refractivity contribution is 0.962. The van der Waals surface area contributed by atoms with Gasteiger partial charge in [-0.05, 0) is 23.8 Å². The number of anilines is 2. The van der Waals surface area contributed by atoms with Crippen LogP contribution in [-0.2, 0) is 6.54 Å². The molecule has 1 N–H and O–H groups in total. The van der Waals surface area contributed by atoms with Crippen LogP contribution in [-0.4, -0.2) is 28.7 Å². The van der Waals surface area contributed by atoms with Crippen LogP contribution in [0.1, 0.15) is 5.56 Å². The first-order valence-electron chi connectivity index (χ1n) is 8.21. The van der Waals surface area contributed by atoms with E-state index < -0.39 is 0 Å². The van der Waals surface area contributed by atoms with Gasteiger partial charge in [0.05, 0.1) is 16.9 Å². The molecule has 0 saturated carbocycles. The number of benzene rings is 2. The summed E-state index contributed by atoms with van der Waals surface area (Å²) in [6, 6.07) is 16.2. The van der Waals surface area contributed by atoms with Crippen LogP contribution in [0.5, 0.6) is 0 Å². The van der Waals surface area contributed by atoms with E-state index in [-0.39, 0.29) is 0 Å². The summed E-state index contributed by atoms with van der Waals surface area (Å²) in [5.74, 6) is 0. The van der Waals surface area contributed by atoms with Gasteiger partial charge in [-0.15, -0.1) is 5.10 Å². The second kappa shape index (κ2) is 6.97. The maximum Gasteiger partial charge on any atom is 0.214 e. The van der Waals surface area contributed by atoms with Gasteiger partial charge < -0.3 is 10.2 Å². The Labute approximate surface area is 160 Å². The third-order valence-electron chi connectivity index (χ3n) is 4.09. The maximum absolute atomic E-state index is 6.25. The average molecular weight is 384 g/mol. The van der Waals surface area contributed by atoms with E-state index in [1.807, 2.05) is 44.6 Å². The summed E-state index contributed by atoms with van der Waals surface area (Å²) >= 11 is 7.78. The quantitative estimate of drug-likeness (QED) is 0.538. The minimum atomic E-state index is 0.692. The lowest BCUT2D eigenvalue weighted by Crippen LogP contribution is -2.08. The molecule has 132 valence electrons. The van der Waals surface area contributed by atoms with Crippen LogP contribution in [0.4, 0.5) is 10.8 Å². The Hall–Kier alpha value is -2.57. The molecule has 0 aliphatic heterocycles. The summed E-state index contributed by atoms with van der Waals surface area (Å²) in [5.41, 5.74) is 4.15. The molecule has 0 amide bonds. The van der Waals surface area contributed by atoms with E-state index in [1.54, 1.807) is 4.52 Å². The van der Waals surface area contributed by atoms with Gasteiger partial charge in [0.2, 0.25) is 10.1 Å². The van der Waals surface area contributed by atoms with E-state index in [0.717, 1.165) is 27.9 Å². The predicted octanol–water partition coefficient (Wildman–Crippen LogP) is 4.79. The summed E-state index contributed by atoms with van der Waals surface area (Å²) in [6.45, 7) is 0.724. The molecule has 0 saturated heterocycles. The van der Waals surface area contributed by atoms with E-state index >= 15 is 0 Å². The molecule has 0 aliphatic rings. The van der Waals surface area contributed by atoms with Crippen molar-refractivity contribution >= 4 is 38.7 Å². The molecule has 0 atom stereocenters. The number of hydrogen-bond donors (Lipinski definition) is 1. The molecule has 5 nitrogen and oxygen atoms in total. The minimum absolute atomic E-state index is 0.692. The van der Waals surface area contributed by atoms with E-state index in [2.05, 4.69) is 44.6 Å². The van der Waals surface area contributed by atoms with E-state index in [1.165, 1.54) is 22.6 Å². The zero-order chi connectivity index (χ0) is 18.1. The highest BCUT2D eigenvalue weighted by Crippen LogP contribution is 2.29. The number of aromatic nitrogens is 3. The Balaban J connectivity index is 1.48. The zero-order valence-electron chi connectivity index (χ0n) is 14.5. The van der Waals surface area contributed by atoms with Crippen molar-refractivity contribution < 1.29 is 0 Å². The molecular weight excluding hydrogens is 366 g/mol. The fourth-order valence-electron chi connectivity index (χ4n) is 2.66. The number of hydrogen-bond acceptors (Lipinski definition) is 5. The van der Waals surface area contributed by atoms with Crippen LogP contribution in [0.3, 0.4) is 0 Å². The zero-order valence-corrected chi connectivity index (χ0v) is 16.1. The number of nitrogens with one attached hydrogen (secondary N) is 1. The molecule has 7 heteroatoms. The minimum Gasteiger partial charge on any atom is -0.378 e. The van der Waals surface area contributed by atoms with Gasteiger partial charge in [0.15, 0.2) is 0 Å². The molecule has 0 spiro atoms. The summed E-state index contributed by atoms with van der Waals surface area (Å²) in [4.78, 5) is 7.56. The number of imidazole rings is 1. The molecule has 0 unspecified atom stereocenters. The second-order valence-corrected chi connectivity index (χ2v) is 7.52. The summed E-state index contributed by atoms with van der Waals surface area (Å²) < 4.78 is 1.79. The number of nitrogens with zero attached hydrogens (tertiary/aromatic N) is 4. The highest BCUT2D eigenvalue weighted by atomic mass is 35.5. The smallest absolute Gasteiger partial charge is 0.214 e. The Kier molecular flexibility index (Phi) is 4.53. The third-order valence-corrected chi connectivity index (χ3v) is 5.30. The average Bonchev–Trinajstić information content (AvgIpc) is 3.19. The van der Waals surface area contributed by atoms with E-state index in [4.69, 9.17) is 11.6 Å². The van der Waals surface area contributed by atoms with Crippen LogP contribution in [0.25, 0.3) is 16.2 Å². The van der Waals surface area contributed by atoms with Gasteiger partial charge in [0, 0.05) is 31.9 Å². The maximum atomic E-state index is 6.25. The Morgan fingerprint density at radius 2 is 1.88 bits per heavy atom. The van der Waals surface area contributed by atoms with Gasteiger partial charge >= 0.3 is 0 Å². The second-order valence-electron chi connectivity index (χ2n) is 6.15. The number of halogens is 1. The van der Waals surface area contributed by atoms with Gasteiger partial charge in [0.1, 0.15) is 0 Å². The van der Waals surface area contributed by atoms with Crippen LogP contribution < -0.4 is 10.2 Å². The molecule has 2 aromatic heterocycles. The van der Waals surface area contributed by atoms with Crippen LogP contribution in [0.15, 0.2) is 54.7 Å². The van der Waals surface area contributed by atoms with Crippen LogP contribution in [0, 0.1) is 0 Å². The molecule has 0 fully saturated rings. The standard InChI is InChI=1S/C19H18ClN5S/c1-24(2)14-9-7-13(8-10-14)11-21-18-23-25-12-17(22-19(25)26-18)15-5-3-4-6-16(15)20/h3-10,12H,11H2,1-2H3,(H,21,23). The molecule has 0 bridgehead atoms. The Bertz CT molecular complexity index is 1000. The van der Waals surface area contributed by atoms with Crippen molar-refractivity contribution in [2.24, 2.45) is 0 Å². The topological polar surface area (TPSA) is 45.5 Å². The first-order chi connectivity index (χ1) is 12.6. The molecule has 0 radical (unpaired) electrons. The van der Waals surface area contributed by atoms with Crippen molar-refractivity contribution in [3.63, 3.8) is 0 Å². The number of fused-ring (bicyclic) bond motifs is 1. The monoisotopic (exact) mass is 383 g/mol. The molecule has 26 heavy (non-hydrogen) atoms. The normalized spacial score (nSPS) is 11.0. The fraction of sp³-hybridized carbons (Fsp3) is 0.158. The summed E-state index contributed by atoms with van der Waals surface area (Å²) in [7, 11) is 4.07. The molecule has 4 rings (SSSR count). The van der Waals surface area contributed by atoms with Crippen molar-refractivity contribution in [1.29, 1.82) is 0 Å². The van der Waals surface area contributed by atoms with Crippen molar-refractivity contribution in [2.75, 3.05) is 24.3 Å². The molecule has 2 heterocycles. The van der Waals surface area contributed by atoms with Gasteiger partial charge in [-0.1, -0.05) is 53.3 Å². The van der Waals surface area contributed by atoms with Gasteiger partial charge in [-0.2, -0.15) is 0 Å². The van der Waals surface area contributed by atoms with Crippen molar-refractivity contribution in [3.8, 4) is 11.3 Å². The highest BCUT2D eigenvalue weighted by molar-refractivity contribution is 7.20. The Morgan fingerprint density at radius 3 is 2.58 bits per heavy atom.